The van der Waals surface area contributed by atoms with Crippen molar-refractivity contribution in [2.45, 2.75) is 19.6 Å². The van der Waals surface area contributed by atoms with Crippen LogP contribution in [0.1, 0.15) is 20.8 Å². The van der Waals surface area contributed by atoms with Crippen LogP contribution < -0.4 is 16.2 Å². The van der Waals surface area contributed by atoms with E-state index in [-0.39, 0.29) is 31.5 Å². The summed E-state index contributed by atoms with van der Waals surface area (Å²) >= 11 is 6.69. The molecule has 0 bridgehead atoms. The quantitative estimate of drug-likeness (QED) is 0.330. The van der Waals surface area contributed by atoms with Gasteiger partial charge >= 0.3 is 6.18 Å². The van der Waals surface area contributed by atoms with Crippen molar-refractivity contribution in [3.05, 3.63) is 86.0 Å². The van der Waals surface area contributed by atoms with E-state index in [0.717, 1.165) is 46.5 Å². The minimum Gasteiger partial charge on any atom is -0.325 e. The van der Waals surface area contributed by atoms with Gasteiger partial charge in [0.2, 0.25) is 5.91 Å². The Balaban J connectivity index is 1.55. The summed E-state index contributed by atoms with van der Waals surface area (Å²) in [4.78, 5) is 42.8. The van der Waals surface area contributed by atoms with Crippen molar-refractivity contribution in [3.63, 3.8) is 0 Å². The highest BCUT2D eigenvalue weighted by Gasteiger charge is 2.30. The average molecular weight is 539 g/mol. The summed E-state index contributed by atoms with van der Waals surface area (Å²) in [5.74, 6) is -1.95. The summed E-state index contributed by atoms with van der Waals surface area (Å²) < 4.78 is 53.0. The number of hydrogen-bond donors (Lipinski definition) is 2. The number of aromatic nitrogens is 2. The first-order valence-electron chi connectivity index (χ1n) is 10.2. The van der Waals surface area contributed by atoms with Crippen molar-refractivity contribution >= 4 is 56.3 Å². The molecule has 4 rings (SSSR count). The van der Waals surface area contributed by atoms with Crippen LogP contribution in [0.2, 0.25) is 5.02 Å². The number of fused-ring (bicyclic) bond motifs is 1. The molecule has 2 heterocycles. The number of benzene rings is 2. The molecule has 13 heteroatoms. The van der Waals surface area contributed by atoms with E-state index in [0.29, 0.717) is 5.56 Å². The lowest BCUT2D eigenvalue weighted by atomic mass is 10.2. The van der Waals surface area contributed by atoms with Gasteiger partial charge in [0.25, 0.3) is 11.5 Å². The molecular formula is C23H15ClF4N4O3S. The van der Waals surface area contributed by atoms with E-state index >= 15 is 0 Å². The van der Waals surface area contributed by atoms with Gasteiger partial charge in [-0.2, -0.15) is 13.2 Å². The zero-order valence-corrected chi connectivity index (χ0v) is 19.8. The van der Waals surface area contributed by atoms with Gasteiger partial charge in [0.15, 0.2) is 0 Å². The first kappa shape index (κ1) is 25.3. The smallest absolute Gasteiger partial charge is 0.325 e. The second-order valence-electron chi connectivity index (χ2n) is 7.62. The van der Waals surface area contributed by atoms with Gasteiger partial charge in [-0.1, -0.05) is 17.7 Å². The van der Waals surface area contributed by atoms with Crippen molar-refractivity contribution in [2.24, 2.45) is 0 Å². The van der Waals surface area contributed by atoms with Gasteiger partial charge in [0.1, 0.15) is 17.2 Å². The van der Waals surface area contributed by atoms with Crippen LogP contribution in [0, 0.1) is 12.7 Å². The predicted molar refractivity (Wildman–Crippen MR) is 128 cm³/mol. The third-order valence-electron chi connectivity index (χ3n) is 5.09. The van der Waals surface area contributed by atoms with Crippen molar-refractivity contribution < 1.29 is 27.2 Å². The Kier molecular flexibility index (Phi) is 6.83. The number of rotatable bonds is 5. The maximum absolute atomic E-state index is 13.4. The summed E-state index contributed by atoms with van der Waals surface area (Å²) in [6.45, 7) is 1.03. The van der Waals surface area contributed by atoms with Gasteiger partial charge < -0.3 is 10.6 Å². The Morgan fingerprint density at radius 1 is 1.11 bits per heavy atom. The zero-order valence-electron chi connectivity index (χ0n) is 18.2. The molecule has 0 aliphatic heterocycles. The molecule has 0 atom stereocenters. The molecule has 0 unspecified atom stereocenters. The van der Waals surface area contributed by atoms with Crippen LogP contribution in [-0.2, 0) is 17.5 Å². The molecule has 0 aliphatic carbocycles. The zero-order chi connectivity index (χ0) is 26.2. The average Bonchev–Trinajstić information content (AvgIpc) is 3.15. The highest BCUT2D eigenvalue weighted by atomic mass is 35.5. The fourth-order valence-corrected chi connectivity index (χ4v) is 4.59. The fraction of sp³-hybridized carbons (Fsp3) is 0.130. The lowest BCUT2D eigenvalue weighted by Gasteiger charge is -2.10. The number of hydrogen-bond acceptors (Lipinski definition) is 5. The van der Waals surface area contributed by atoms with Gasteiger partial charge in [-0.25, -0.2) is 9.37 Å². The van der Waals surface area contributed by atoms with Crippen LogP contribution >= 0.6 is 22.9 Å². The number of aryl methyl sites for hydroxylation is 1. The van der Waals surface area contributed by atoms with Crippen molar-refractivity contribution in [3.8, 4) is 0 Å². The van der Waals surface area contributed by atoms with Gasteiger partial charge in [-0.3, -0.25) is 19.0 Å². The summed E-state index contributed by atoms with van der Waals surface area (Å²) in [5, 5.41) is 4.85. The largest absolute Gasteiger partial charge is 0.416 e. The first-order chi connectivity index (χ1) is 16.9. The van der Waals surface area contributed by atoms with E-state index in [9.17, 15) is 31.9 Å². The third-order valence-corrected chi connectivity index (χ3v) is 6.58. The Morgan fingerprint density at radius 3 is 2.53 bits per heavy atom. The molecule has 36 heavy (non-hydrogen) atoms. The van der Waals surface area contributed by atoms with E-state index in [4.69, 9.17) is 11.6 Å². The van der Waals surface area contributed by atoms with Crippen LogP contribution in [0.25, 0.3) is 10.2 Å². The number of carbonyl (C=O) groups is 2. The van der Waals surface area contributed by atoms with Crippen LogP contribution in [0.5, 0.6) is 0 Å². The lowest BCUT2D eigenvalue weighted by molar-refractivity contribution is -0.137. The van der Waals surface area contributed by atoms with E-state index < -0.39 is 41.5 Å². The number of thiophene rings is 1. The molecule has 2 amide bonds. The monoisotopic (exact) mass is 538 g/mol. The minimum absolute atomic E-state index is 0.0801. The van der Waals surface area contributed by atoms with Crippen molar-refractivity contribution in [2.75, 3.05) is 10.6 Å². The van der Waals surface area contributed by atoms with Crippen molar-refractivity contribution in [1.29, 1.82) is 0 Å². The lowest BCUT2D eigenvalue weighted by Crippen LogP contribution is -2.28. The fourth-order valence-electron chi connectivity index (χ4n) is 3.38. The molecule has 2 N–H and O–H groups in total. The van der Waals surface area contributed by atoms with Crippen LogP contribution in [-0.4, -0.2) is 21.4 Å². The number of anilines is 2. The molecule has 0 fully saturated rings. The Bertz CT molecular complexity index is 1570. The topological polar surface area (TPSA) is 93.1 Å². The second kappa shape index (κ2) is 9.70. The molecule has 2 aromatic carbocycles. The van der Waals surface area contributed by atoms with E-state index in [1.165, 1.54) is 18.2 Å². The van der Waals surface area contributed by atoms with E-state index in [1.54, 1.807) is 6.92 Å². The number of nitrogens with zero attached hydrogens (tertiary/aromatic N) is 2. The van der Waals surface area contributed by atoms with Crippen LogP contribution in [0.15, 0.2) is 53.6 Å². The molecule has 0 radical (unpaired) electrons. The predicted octanol–water partition coefficient (Wildman–Crippen LogP) is 5.47. The van der Waals surface area contributed by atoms with Crippen LogP contribution in [0.3, 0.4) is 0 Å². The molecular weight excluding hydrogens is 524 g/mol. The number of alkyl halides is 3. The van der Waals surface area contributed by atoms with Crippen molar-refractivity contribution in [1.82, 2.24) is 9.55 Å². The van der Waals surface area contributed by atoms with Gasteiger partial charge in [0, 0.05) is 11.4 Å². The molecule has 186 valence electrons. The highest BCUT2D eigenvalue weighted by Crippen LogP contribution is 2.31. The second-order valence-corrected chi connectivity index (χ2v) is 9.03. The van der Waals surface area contributed by atoms with E-state index in [1.807, 2.05) is 0 Å². The van der Waals surface area contributed by atoms with Gasteiger partial charge in [-0.15, -0.1) is 11.3 Å². The summed E-state index contributed by atoms with van der Waals surface area (Å²) in [5.41, 5.74) is -1.03. The maximum atomic E-state index is 13.4. The molecule has 0 saturated carbocycles. The molecule has 0 spiro atoms. The number of nitrogens with one attached hydrogen (secondary N) is 2. The van der Waals surface area contributed by atoms with Gasteiger partial charge in [-0.05, 0) is 48.9 Å². The summed E-state index contributed by atoms with van der Waals surface area (Å²) in [7, 11) is 0. The Hall–Kier alpha value is -3.77. The third kappa shape index (κ3) is 5.24. The standard InChI is InChI=1S/C23H15ClF4N4O3S/c1-11-18-21(36-19(11)20(34)31-14-5-6-16(25)15(24)8-14)29-10-32(22(18)35)9-17(33)30-13-4-2-3-12(7-13)23(26,27)28/h2-8,10H,9H2,1H3,(H,30,33)(H,31,34). The molecule has 7 nitrogen and oxygen atoms in total. The number of amides is 2. The molecule has 2 aromatic heterocycles. The molecule has 0 saturated heterocycles. The maximum Gasteiger partial charge on any atom is 0.416 e. The Morgan fingerprint density at radius 2 is 1.83 bits per heavy atom. The highest BCUT2D eigenvalue weighted by molar-refractivity contribution is 7.20. The number of carbonyl (C=O) groups excluding carboxylic acids is 2. The SMILES string of the molecule is Cc1c(C(=O)Nc2ccc(F)c(Cl)c2)sc2ncn(CC(=O)Nc3cccc(C(F)(F)F)c3)c(=O)c12. The van der Waals surface area contributed by atoms with E-state index in [2.05, 4.69) is 15.6 Å². The molecule has 0 aliphatic rings. The molecule has 4 aromatic rings. The summed E-state index contributed by atoms with van der Waals surface area (Å²) in [6, 6.07) is 7.77. The first-order valence-corrected chi connectivity index (χ1v) is 11.4. The van der Waals surface area contributed by atoms with Gasteiger partial charge in [0.05, 0.1) is 27.2 Å². The van der Waals surface area contributed by atoms with Crippen LogP contribution in [0.4, 0.5) is 28.9 Å². The normalized spacial score (nSPS) is 11.5. The minimum atomic E-state index is -4.57. The summed E-state index contributed by atoms with van der Waals surface area (Å²) in [6.07, 6.45) is -3.45. The number of halogens is 5. The Labute approximate surface area is 209 Å².